The molecule has 3 heterocycles. The van der Waals surface area contributed by atoms with Gasteiger partial charge in [-0.05, 0) is 18.2 Å². The average molecular weight is 292 g/mol. The first-order valence-electron chi connectivity index (χ1n) is 5.41. The van der Waals surface area contributed by atoms with Crippen molar-refractivity contribution < 1.29 is 9.90 Å². The highest BCUT2D eigenvalue weighted by molar-refractivity contribution is 7.27. The van der Waals surface area contributed by atoms with Crippen molar-refractivity contribution in [1.82, 2.24) is 9.55 Å². The van der Waals surface area contributed by atoms with Crippen LogP contribution in [0.4, 0.5) is 0 Å². The summed E-state index contributed by atoms with van der Waals surface area (Å²) in [5, 5.41) is 8.97. The van der Waals surface area contributed by atoms with Crippen molar-refractivity contribution in [3.63, 3.8) is 0 Å². The van der Waals surface area contributed by atoms with E-state index >= 15 is 0 Å². The van der Waals surface area contributed by atoms with Gasteiger partial charge < -0.3 is 5.11 Å². The Hall–Kier alpha value is -1.99. The lowest BCUT2D eigenvalue weighted by Crippen LogP contribution is -2.13. The smallest absolute Gasteiger partial charge is 0.345 e. The van der Waals surface area contributed by atoms with E-state index in [4.69, 9.17) is 5.11 Å². The number of hydrogen-bond acceptors (Lipinski definition) is 5. The maximum atomic E-state index is 11.9. The number of rotatable bonds is 3. The second kappa shape index (κ2) is 4.60. The van der Waals surface area contributed by atoms with Crippen LogP contribution in [0.5, 0.6) is 0 Å². The van der Waals surface area contributed by atoms with E-state index in [9.17, 15) is 9.59 Å². The minimum Gasteiger partial charge on any atom is -0.477 e. The highest BCUT2D eigenvalue weighted by atomic mass is 32.1. The van der Waals surface area contributed by atoms with Gasteiger partial charge in [0.15, 0.2) is 0 Å². The molecule has 0 fully saturated rings. The summed E-state index contributed by atoms with van der Waals surface area (Å²) < 4.78 is 2.28. The van der Waals surface area contributed by atoms with Crippen LogP contribution >= 0.6 is 22.7 Å². The predicted molar refractivity (Wildman–Crippen MR) is 74.3 cm³/mol. The second-order valence-corrected chi connectivity index (χ2v) is 5.88. The van der Waals surface area contributed by atoms with Crippen LogP contribution in [0.25, 0.3) is 9.53 Å². The van der Waals surface area contributed by atoms with Gasteiger partial charge in [0, 0.05) is 6.20 Å². The molecule has 0 amide bonds. The monoisotopic (exact) mass is 292 g/mol. The van der Waals surface area contributed by atoms with E-state index in [0.29, 0.717) is 16.1 Å². The van der Waals surface area contributed by atoms with Crippen LogP contribution < -0.4 is 4.87 Å². The molecule has 0 aliphatic carbocycles. The Kier molecular flexibility index (Phi) is 2.92. The molecule has 0 aliphatic heterocycles. The van der Waals surface area contributed by atoms with Gasteiger partial charge in [-0.2, -0.15) is 0 Å². The molecule has 1 N–H and O–H groups in total. The van der Waals surface area contributed by atoms with Crippen molar-refractivity contribution in [1.29, 1.82) is 0 Å². The number of thiophene rings is 1. The lowest BCUT2D eigenvalue weighted by atomic mass is 10.3. The van der Waals surface area contributed by atoms with Gasteiger partial charge >= 0.3 is 10.8 Å². The zero-order chi connectivity index (χ0) is 13.4. The molecule has 0 bridgehead atoms. The first-order valence-corrected chi connectivity index (χ1v) is 7.05. The lowest BCUT2D eigenvalue weighted by Gasteiger charge is -2.00. The van der Waals surface area contributed by atoms with Gasteiger partial charge in [0.2, 0.25) is 0 Å². The molecule has 0 spiro atoms. The van der Waals surface area contributed by atoms with Crippen molar-refractivity contribution in [2.75, 3.05) is 0 Å². The molecule has 3 aromatic heterocycles. The zero-order valence-electron chi connectivity index (χ0n) is 9.57. The highest BCUT2D eigenvalue weighted by Crippen LogP contribution is 2.28. The maximum Gasteiger partial charge on any atom is 0.345 e. The summed E-state index contributed by atoms with van der Waals surface area (Å²) in [5.74, 6) is -0.967. The molecule has 3 aromatic rings. The second-order valence-electron chi connectivity index (χ2n) is 3.86. The first-order chi connectivity index (χ1) is 9.15. The van der Waals surface area contributed by atoms with Crippen molar-refractivity contribution in [3.8, 4) is 0 Å². The zero-order valence-corrected chi connectivity index (χ0v) is 11.2. The van der Waals surface area contributed by atoms with Crippen molar-refractivity contribution >= 4 is 38.2 Å². The molecule has 96 valence electrons. The van der Waals surface area contributed by atoms with Crippen molar-refractivity contribution in [2.24, 2.45) is 0 Å². The van der Waals surface area contributed by atoms with Gasteiger partial charge in [0.1, 0.15) is 9.71 Å². The molecule has 7 heteroatoms. The Balaban J connectivity index is 2.09. The Morgan fingerprint density at radius 2 is 2.21 bits per heavy atom. The van der Waals surface area contributed by atoms with E-state index in [2.05, 4.69) is 4.98 Å². The highest BCUT2D eigenvalue weighted by Gasteiger charge is 2.15. The van der Waals surface area contributed by atoms with E-state index in [1.807, 2.05) is 18.2 Å². The molecule has 0 radical (unpaired) electrons. The standard InChI is InChI=1S/C12H8N2O3S2/c15-11(16)9-5-8-10(18-9)14(12(17)19-8)6-7-3-1-2-4-13-7/h1-5H,6H2,(H,15,16). The minimum atomic E-state index is -0.967. The summed E-state index contributed by atoms with van der Waals surface area (Å²) in [7, 11) is 0. The predicted octanol–water partition coefficient (Wildman–Crippen LogP) is 2.27. The van der Waals surface area contributed by atoms with E-state index in [-0.39, 0.29) is 9.75 Å². The molecule has 5 nitrogen and oxygen atoms in total. The molecular formula is C12H8N2O3S2. The fourth-order valence-corrected chi connectivity index (χ4v) is 3.85. The SMILES string of the molecule is O=C(O)c1cc2sc(=O)n(Cc3ccccn3)c2s1. The summed E-state index contributed by atoms with van der Waals surface area (Å²) >= 11 is 2.18. The molecule has 19 heavy (non-hydrogen) atoms. The van der Waals surface area contributed by atoms with Crippen LogP contribution in [0.2, 0.25) is 0 Å². The van der Waals surface area contributed by atoms with Crippen LogP contribution in [0.15, 0.2) is 35.3 Å². The maximum absolute atomic E-state index is 11.9. The van der Waals surface area contributed by atoms with Crippen molar-refractivity contribution in [3.05, 3.63) is 50.7 Å². The van der Waals surface area contributed by atoms with E-state index in [1.54, 1.807) is 16.8 Å². The molecular weight excluding hydrogens is 284 g/mol. The number of hydrogen-bond donors (Lipinski definition) is 1. The van der Waals surface area contributed by atoms with E-state index in [1.165, 1.54) is 0 Å². The molecule has 0 saturated carbocycles. The normalized spacial score (nSPS) is 10.9. The molecule has 0 aliphatic rings. The van der Waals surface area contributed by atoms with Crippen molar-refractivity contribution in [2.45, 2.75) is 6.54 Å². The van der Waals surface area contributed by atoms with E-state index in [0.717, 1.165) is 28.4 Å². The average Bonchev–Trinajstić information content (AvgIpc) is 2.91. The number of carboxylic acid groups (broad SMARTS) is 1. The molecule has 0 saturated heterocycles. The van der Waals surface area contributed by atoms with Crippen LogP contribution in [0.1, 0.15) is 15.4 Å². The molecule has 0 aromatic carbocycles. The van der Waals surface area contributed by atoms with Crippen LogP contribution in [0, 0.1) is 0 Å². The number of pyridine rings is 1. The lowest BCUT2D eigenvalue weighted by molar-refractivity contribution is 0.0702. The molecule has 3 rings (SSSR count). The number of carbonyl (C=O) groups is 1. The largest absolute Gasteiger partial charge is 0.477 e. The fourth-order valence-electron chi connectivity index (χ4n) is 1.75. The third-order valence-corrected chi connectivity index (χ3v) is 4.80. The Morgan fingerprint density at radius 1 is 1.37 bits per heavy atom. The van der Waals surface area contributed by atoms with Crippen LogP contribution in [0.3, 0.4) is 0 Å². The van der Waals surface area contributed by atoms with Crippen LogP contribution in [-0.4, -0.2) is 20.6 Å². The summed E-state index contributed by atoms with van der Waals surface area (Å²) in [6.45, 7) is 0.360. The number of thiazole rings is 1. The number of carboxylic acids is 1. The summed E-state index contributed by atoms with van der Waals surface area (Å²) in [5.41, 5.74) is 0.773. The summed E-state index contributed by atoms with van der Waals surface area (Å²) in [4.78, 5) is 27.9. The molecule has 0 atom stereocenters. The topological polar surface area (TPSA) is 72.2 Å². The van der Waals surface area contributed by atoms with Gasteiger partial charge in [-0.3, -0.25) is 14.3 Å². The third kappa shape index (κ3) is 2.18. The first kappa shape index (κ1) is 12.1. The van der Waals surface area contributed by atoms with Gasteiger partial charge in [0.05, 0.1) is 16.9 Å². The summed E-state index contributed by atoms with van der Waals surface area (Å²) in [6, 6.07) is 7.04. The Bertz CT molecular complexity index is 801. The Morgan fingerprint density at radius 3 is 2.89 bits per heavy atom. The number of aromatic nitrogens is 2. The number of aromatic carboxylic acids is 1. The minimum absolute atomic E-state index is 0.0937. The van der Waals surface area contributed by atoms with Gasteiger partial charge in [0.25, 0.3) is 0 Å². The van der Waals surface area contributed by atoms with Gasteiger partial charge in [-0.15, -0.1) is 11.3 Å². The fraction of sp³-hybridized carbons (Fsp3) is 0.0833. The Labute approximate surface area is 115 Å². The van der Waals surface area contributed by atoms with E-state index < -0.39 is 5.97 Å². The quantitative estimate of drug-likeness (QED) is 0.803. The number of fused-ring (bicyclic) bond motifs is 1. The number of nitrogens with zero attached hydrogens (tertiary/aromatic N) is 2. The third-order valence-electron chi connectivity index (χ3n) is 2.60. The van der Waals surface area contributed by atoms with Gasteiger partial charge in [-0.25, -0.2) is 4.79 Å². The molecule has 0 unspecified atom stereocenters. The van der Waals surface area contributed by atoms with Gasteiger partial charge in [-0.1, -0.05) is 17.4 Å². The van der Waals surface area contributed by atoms with Crippen LogP contribution in [-0.2, 0) is 6.54 Å². The summed E-state index contributed by atoms with van der Waals surface area (Å²) in [6.07, 6.45) is 1.67.